The van der Waals surface area contributed by atoms with Gasteiger partial charge in [-0.3, -0.25) is 0 Å². The zero-order valence-electron chi connectivity index (χ0n) is 15.4. The number of hydrogen-bond donors (Lipinski definition) is 2. The average molecular weight is 343 g/mol. The van der Waals surface area contributed by atoms with E-state index in [4.69, 9.17) is 9.78 Å². The minimum atomic E-state index is -1.23. The maximum Gasteiger partial charge on any atom is 0.199 e. The van der Waals surface area contributed by atoms with Gasteiger partial charge in [0, 0.05) is 25.7 Å². The molecule has 0 saturated heterocycles. The van der Waals surface area contributed by atoms with Gasteiger partial charge in [-0.1, -0.05) is 64.2 Å². The molecule has 4 nitrogen and oxygen atoms in total. The molecule has 2 aliphatic rings. The highest BCUT2D eigenvalue weighted by Crippen LogP contribution is 2.32. The third-order valence-electron chi connectivity index (χ3n) is 5.62. The van der Waals surface area contributed by atoms with Crippen molar-refractivity contribution in [1.29, 1.82) is 0 Å². The van der Waals surface area contributed by atoms with Crippen LogP contribution in [0.15, 0.2) is 0 Å². The van der Waals surface area contributed by atoms with Crippen molar-refractivity contribution in [2.75, 3.05) is 0 Å². The molecule has 4 heteroatoms. The quantitative estimate of drug-likeness (QED) is 0.412. The summed E-state index contributed by atoms with van der Waals surface area (Å²) >= 11 is 0. The predicted molar refractivity (Wildman–Crippen MR) is 95.2 cm³/mol. The molecule has 142 valence electrons. The highest BCUT2D eigenvalue weighted by atomic mass is 17.2. The lowest BCUT2D eigenvalue weighted by atomic mass is 9.96. The van der Waals surface area contributed by atoms with Crippen LogP contribution in [0.5, 0.6) is 0 Å². The third kappa shape index (κ3) is 7.81. The lowest BCUT2D eigenvalue weighted by molar-refractivity contribution is -0.498. The topological polar surface area (TPSA) is 58.9 Å². The Bertz CT molecular complexity index is 280. The Labute approximate surface area is 147 Å². The van der Waals surface area contributed by atoms with E-state index in [1.807, 2.05) is 0 Å². The van der Waals surface area contributed by atoms with E-state index in [1.165, 1.54) is 38.5 Å². The number of aliphatic hydroxyl groups is 2. The highest BCUT2D eigenvalue weighted by Gasteiger charge is 2.35. The molecule has 2 saturated carbocycles. The van der Waals surface area contributed by atoms with Crippen molar-refractivity contribution in [2.45, 2.75) is 127 Å². The fourth-order valence-corrected chi connectivity index (χ4v) is 3.94. The van der Waals surface area contributed by atoms with Crippen molar-refractivity contribution in [3.05, 3.63) is 0 Å². The molecule has 0 aliphatic heterocycles. The van der Waals surface area contributed by atoms with Crippen molar-refractivity contribution in [1.82, 2.24) is 0 Å². The van der Waals surface area contributed by atoms with Crippen LogP contribution in [0, 0.1) is 0 Å². The van der Waals surface area contributed by atoms with Gasteiger partial charge < -0.3 is 10.2 Å². The summed E-state index contributed by atoms with van der Waals surface area (Å²) in [6, 6.07) is 0. The molecule has 0 aromatic heterocycles. The van der Waals surface area contributed by atoms with Gasteiger partial charge in [0.2, 0.25) is 0 Å². The third-order valence-corrected chi connectivity index (χ3v) is 5.62. The van der Waals surface area contributed by atoms with Gasteiger partial charge in [-0.05, 0) is 25.7 Å². The minimum Gasteiger partial charge on any atom is -0.363 e. The molecule has 0 bridgehead atoms. The molecule has 0 atom stereocenters. The van der Waals surface area contributed by atoms with Crippen LogP contribution in [0.25, 0.3) is 0 Å². The van der Waals surface area contributed by atoms with Gasteiger partial charge in [0.05, 0.1) is 0 Å². The van der Waals surface area contributed by atoms with E-state index in [-0.39, 0.29) is 0 Å². The van der Waals surface area contributed by atoms with E-state index in [9.17, 15) is 10.2 Å². The van der Waals surface area contributed by atoms with Crippen LogP contribution >= 0.6 is 0 Å². The van der Waals surface area contributed by atoms with E-state index in [2.05, 4.69) is 0 Å². The van der Waals surface area contributed by atoms with Gasteiger partial charge in [0.1, 0.15) is 0 Å². The largest absolute Gasteiger partial charge is 0.363 e. The van der Waals surface area contributed by atoms with Gasteiger partial charge >= 0.3 is 0 Å². The van der Waals surface area contributed by atoms with E-state index >= 15 is 0 Å². The van der Waals surface area contributed by atoms with Crippen molar-refractivity contribution in [2.24, 2.45) is 0 Å². The molecule has 2 N–H and O–H groups in total. The summed E-state index contributed by atoms with van der Waals surface area (Å²) in [4.78, 5) is 11.0. The number of hydrogen-bond acceptors (Lipinski definition) is 4. The Morgan fingerprint density at radius 2 is 0.583 bits per heavy atom. The summed E-state index contributed by atoms with van der Waals surface area (Å²) in [5.41, 5.74) is 0. The Morgan fingerprint density at radius 1 is 0.375 bits per heavy atom. The van der Waals surface area contributed by atoms with Gasteiger partial charge in [-0.15, -0.1) is 0 Å². The zero-order valence-corrected chi connectivity index (χ0v) is 15.4. The van der Waals surface area contributed by atoms with E-state index in [0.29, 0.717) is 25.7 Å². The van der Waals surface area contributed by atoms with Crippen LogP contribution in [0.1, 0.15) is 116 Å². The molecule has 2 fully saturated rings. The Hall–Kier alpha value is -0.160. The average Bonchev–Trinajstić information content (AvgIpc) is 2.58. The fourth-order valence-electron chi connectivity index (χ4n) is 3.94. The van der Waals surface area contributed by atoms with Crippen LogP contribution in [-0.2, 0) is 9.78 Å². The molecule has 0 aromatic rings. The molecule has 0 amide bonds. The second-order valence-electron chi connectivity index (χ2n) is 8.01. The van der Waals surface area contributed by atoms with Gasteiger partial charge in [0.15, 0.2) is 11.6 Å². The first-order chi connectivity index (χ1) is 11.6. The molecule has 0 heterocycles. The lowest BCUT2D eigenvalue weighted by Crippen LogP contribution is -2.40. The Balaban J connectivity index is 1.85. The molecule has 0 spiro atoms. The molecule has 0 radical (unpaired) electrons. The van der Waals surface area contributed by atoms with Crippen LogP contribution in [0.3, 0.4) is 0 Å². The molecular weight excluding hydrogens is 304 g/mol. The summed E-state index contributed by atoms with van der Waals surface area (Å²) in [5, 5.41) is 21.6. The fraction of sp³-hybridized carbons (Fsp3) is 1.00. The van der Waals surface area contributed by atoms with Crippen molar-refractivity contribution >= 4 is 0 Å². The van der Waals surface area contributed by atoms with Crippen LogP contribution in [-0.4, -0.2) is 21.8 Å². The summed E-state index contributed by atoms with van der Waals surface area (Å²) in [7, 11) is 0. The predicted octanol–water partition coefficient (Wildman–Crippen LogP) is 5.36. The first-order valence-electron chi connectivity index (χ1n) is 10.4. The standard InChI is InChI=1S/C20H38O4/c21-19(15-11-7-3-1-4-8-12-16-19)23-24-20(22)17-13-9-5-2-6-10-14-18-20/h21-22H,1-18H2. The van der Waals surface area contributed by atoms with Gasteiger partial charge in [-0.25, -0.2) is 0 Å². The molecule has 0 aromatic carbocycles. The molecule has 24 heavy (non-hydrogen) atoms. The van der Waals surface area contributed by atoms with Crippen molar-refractivity contribution in [3.63, 3.8) is 0 Å². The van der Waals surface area contributed by atoms with Crippen LogP contribution in [0.4, 0.5) is 0 Å². The van der Waals surface area contributed by atoms with Crippen molar-refractivity contribution < 1.29 is 20.0 Å². The summed E-state index contributed by atoms with van der Waals surface area (Å²) < 4.78 is 0. The van der Waals surface area contributed by atoms with Crippen LogP contribution in [0.2, 0.25) is 0 Å². The smallest absolute Gasteiger partial charge is 0.199 e. The lowest BCUT2D eigenvalue weighted by Gasteiger charge is -2.34. The second-order valence-corrected chi connectivity index (χ2v) is 8.01. The van der Waals surface area contributed by atoms with E-state index in [0.717, 1.165) is 51.4 Å². The monoisotopic (exact) mass is 342 g/mol. The first-order valence-corrected chi connectivity index (χ1v) is 10.4. The summed E-state index contributed by atoms with van der Waals surface area (Å²) in [6.07, 6.45) is 18.3. The Morgan fingerprint density at radius 3 is 0.833 bits per heavy atom. The van der Waals surface area contributed by atoms with E-state index in [1.54, 1.807) is 0 Å². The van der Waals surface area contributed by atoms with Gasteiger partial charge in [0.25, 0.3) is 0 Å². The first kappa shape index (κ1) is 20.2. The highest BCUT2D eigenvalue weighted by molar-refractivity contribution is 4.71. The SMILES string of the molecule is OC1(OOC2(O)CCCCCCCCC2)CCCCCCCCC1. The second kappa shape index (κ2) is 10.7. The Kier molecular flexibility index (Phi) is 9.02. The minimum absolute atomic E-state index is 0.600. The number of rotatable bonds is 3. The molecule has 2 rings (SSSR count). The maximum atomic E-state index is 10.8. The van der Waals surface area contributed by atoms with Crippen molar-refractivity contribution in [3.8, 4) is 0 Å². The summed E-state index contributed by atoms with van der Waals surface area (Å²) in [5.74, 6) is -2.47. The molecule has 2 aliphatic carbocycles. The van der Waals surface area contributed by atoms with Crippen LogP contribution < -0.4 is 0 Å². The molecule has 0 unspecified atom stereocenters. The maximum absolute atomic E-state index is 10.8. The summed E-state index contributed by atoms with van der Waals surface area (Å²) in [6.45, 7) is 0. The van der Waals surface area contributed by atoms with E-state index < -0.39 is 11.6 Å². The van der Waals surface area contributed by atoms with Gasteiger partial charge in [-0.2, -0.15) is 9.78 Å². The zero-order chi connectivity index (χ0) is 17.1. The normalized spacial score (nSPS) is 27.2. The molecular formula is C20H38O4.